The third kappa shape index (κ3) is 10.9. The lowest BCUT2D eigenvalue weighted by atomic mass is 9.89. The molecule has 2 amide bonds. The van der Waals surface area contributed by atoms with E-state index in [4.69, 9.17) is 11.5 Å². The zero-order chi connectivity index (χ0) is 44.3. The van der Waals surface area contributed by atoms with Crippen molar-refractivity contribution in [2.75, 3.05) is 39.3 Å². The summed E-state index contributed by atoms with van der Waals surface area (Å²) in [5, 5.41) is 5.11. The van der Waals surface area contributed by atoms with Gasteiger partial charge in [0.2, 0.25) is 0 Å². The van der Waals surface area contributed by atoms with Gasteiger partial charge in [0.05, 0.1) is 11.4 Å². The Labute approximate surface area is 353 Å². The maximum Gasteiger partial charge on any atom is 0.403 e. The van der Waals surface area contributed by atoms with Gasteiger partial charge in [-0.3, -0.25) is 19.4 Å². The van der Waals surface area contributed by atoms with E-state index in [1.54, 1.807) is 36.4 Å². The first-order chi connectivity index (χ1) is 29.4. The van der Waals surface area contributed by atoms with Crippen molar-refractivity contribution in [2.45, 2.75) is 76.1 Å². The summed E-state index contributed by atoms with van der Waals surface area (Å²) in [4.78, 5) is 36.7. The number of nitrogens with two attached hydrogens (primary N) is 2. The predicted octanol–water partition coefficient (Wildman–Crippen LogP) is 6.55. The predicted molar refractivity (Wildman–Crippen MR) is 215 cm³/mol. The number of carbonyl (C=O) groups excluding carboxylic acids is 2. The van der Waals surface area contributed by atoms with E-state index >= 15 is 0 Å². The number of nitrogens with one attached hydrogen (secondary N) is 2. The monoisotopic (exact) mass is 872 g/mol. The molecule has 0 saturated carbocycles. The molecular weight excluding hydrogens is 825 g/mol. The van der Waals surface area contributed by atoms with Gasteiger partial charge in [-0.05, 0) is 133 Å². The molecule has 4 aliphatic heterocycles. The van der Waals surface area contributed by atoms with Crippen LogP contribution in [-0.4, -0.2) is 95.3 Å². The Balaban J connectivity index is 0.000000186. The molecule has 0 bridgehead atoms. The van der Waals surface area contributed by atoms with Gasteiger partial charge in [-0.2, -0.15) is 26.3 Å². The molecule has 2 aromatic carbocycles. The smallest absolute Gasteiger partial charge is 0.364 e. The number of carbonyl (C=O) groups is 2. The van der Waals surface area contributed by atoms with Gasteiger partial charge in [0.1, 0.15) is 35.1 Å². The van der Waals surface area contributed by atoms with Crippen LogP contribution in [0.5, 0.6) is 0 Å². The Morgan fingerprint density at radius 2 is 1.00 bits per heavy atom. The van der Waals surface area contributed by atoms with Gasteiger partial charge in [0.15, 0.2) is 0 Å². The number of hydrogen-bond acceptors (Lipinski definition) is 8. The SMILES string of the molecule is NC(=O)c1cc(-c2ccc(F)cc2)c2c(n1)CN(C[C@@H]1CCN[C@H](C(F)(F)F)C1)CC2.NC(=O)c1cc(-c2ccc(F)cc2)c2c(n1)CN(C[C@H]1CCN[C@@H](C(F)(F)F)C1)CC2. The molecule has 10 nitrogen and oxygen atoms in total. The van der Waals surface area contributed by atoms with Crippen LogP contribution in [0.15, 0.2) is 60.7 Å². The first-order valence-corrected chi connectivity index (χ1v) is 20.6. The Hall–Kier alpha value is -5.04. The fourth-order valence-corrected chi connectivity index (χ4v) is 9.08. The van der Waals surface area contributed by atoms with Crippen molar-refractivity contribution in [3.05, 3.63) is 106 Å². The molecule has 4 atom stereocenters. The number of nitrogens with zero attached hydrogens (tertiary/aromatic N) is 4. The van der Waals surface area contributed by atoms with Crippen LogP contribution >= 0.6 is 0 Å². The molecule has 2 saturated heterocycles. The second-order valence-corrected chi connectivity index (χ2v) is 16.6. The fourth-order valence-electron chi connectivity index (χ4n) is 9.08. The Bertz CT molecular complexity index is 2080. The number of pyridine rings is 2. The van der Waals surface area contributed by atoms with E-state index < -0.39 is 36.3 Å². The normalized spacial score (nSPS) is 22.2. The van der Waals surface area contributed by atoms with Crippen LogP contribution in [0.1, 0.15) is 69.2 Å². The zero-order valence-electron chi connectivity index (χ0n) is 33.8. The van der Waals surface area contributed by atoms with Crippen LogP contribution in [0, 0.1) is 23.5 Å². The molecule has 62 heavy (non-hydrogen) atoms. The molecule has 4 aliphatic rings. The Morgan fingerprint density at radius 3 is 1.34 bits per heavy atom. The molecule has 0 aliphatic carbocycles. The molecule has 6 heterocycles. The molecule has 8 rings (SSSR count). The van der Waals surface area contributed by atoms with Crippen molar-refractivity contribution >= 4 is 11.8 Å². The van der Waals surface area contributed by atoms with Crippen molar-refractivity contribution in [1.82, 2.24) is 30.4 Å². The summed E-state index contributed by atoms with van der Waals surface area (Å²) in [6, 6.07) is 12.3. The second-order valence-electron chi connectivity index (χ2n) is 16.6. The summed E-state index contributed by atoms with van der Waals surface area (Å²) >= 11 is 0. The van der Waals surface area contributed by atoms with E-state index in [-0.39, 0.29) is 47.7 Å². The molecule has 0 unspecified atom stereocenters. The lowest BCUT2D eigenvalue weighted by molar-refractivity contribution is -0.164. The first-order valence-electron chi connectivity index (χ1n) is 20.6. The highest BCUT2D eigenvalue weighted by Gasteiger charge is 2.44. The summed E-state index contributed by atoms with van der Waals surface area (Å²) in [5.41, 5.74) is 17.6. The summed E-state index contributed by atoms with van der Waals surface area (Å²) in [7, 11) is 0. The van der Waals surface area contributed by atoms with Crippen LogP contribution in [0.2, 0.25) is 0 Å². The van der Waals surface area contributed by atoms with E-state index in [0.717, 1.165) is 33.4 Å². The van der Waals surface area contributed by atoms with Crippen molar-refractivity contribution in [1.29, 1.82) is 0 Å². The van der Waals surface area contributed by atoms with E-state index in [0.29, 0.717) is 89.4 Å². The standard InChI is InChI=1S/2C22H24F4N4O/c2*23-15-3-1-14(2-4-15)17-10-18(21(27)31)29-19-12-30(8-6-16(17)19)11-13-5-7-28-20(9-13)22(24,25)26/h2*1-4,10,13,20,28H,5-9,11-12H2,(H2,27,31)/t2*13-,20+/m10/s1. The second kappa shape index (κ2) is 18.7. The Kier molecular flexibility index (Phi) is 13.6. The van der Waals surface area contributed by atoms with E-state index in [2.05, 4.69) is 30.4 Å². The lowest BCUT2D eigenvalue weighted by Gasteiger charge is -2.36. The fraction of sp³-hybridized carbons (Fsp3) is 0.455. The van der Waals surface area contributed by atoms with Gasteiger partial charge < -0.3 is 22.1 Å². The molecule has 4 aromatic rings. The summed E-state index contributed by atoms with van der Waals surface area (Å²) in [5.74, 6) is -2.15. The number of hydrogen-bond donors (Lipinski definition) is 4. The number of primary amides is 2. The minimum atomic E-state index is -4.24. The van der Waals surface area contributed by atoms with Gasteiger partial charge in [0.25, 0.3) is 11.8 Å². The topological polar surface area (TPSA) is 142 Å². The number of piperidine rings is 2. The van der Waals surface area contributed by atoms with Gasteiger partial charge in [-0.15, -0.1) is 0 Å². The number of benzene rings is 2. The lowest BCUT2D eigenvalue weighted by Crippen LogP contribution is -2.49. The minimum Gasteiger partial charge on any atom is -0.364 e. The molecule has 2 aromatic heterocycles. The van der Waals surface area contributed by atoms with Gasteiger partial charge in [-0.25, -0.2) is 18.7 Å². The summed E-state index contributed by atoms with van der Waals surface area (Å²) in [6.07, 6.45) is -5.71. The van der Waals surface area contributed by atoms with Gasteiger partial charge in [0, 0.05) is 39.3 Å². The third-order valence-electron chi connectivity index (χ3n) is 12.2. The third-order valence-corrected chi connectivity index (χ3v) is 12.2. The van der Waals surface area contributed by atoms with E-state index in [1.165, 1.54) is 24.3 Å². The molecule has 0 radical (unpaired) electrons. The maximum atomic E-state index is 13.4. The minimum absolute atomic E-state index is 0.0580. The number of aromatic nitrogens is 2. The maximum absolute atomic E-state index is 13.4. The quantitative estimate of drug-likeness (QED) is 0.146. The molecule has 6 N–H and O–H groups in total. The molecule has 18 heteroatoms. The average molecular weight is 873 g/mol. The molecular formula is C44H48F8N8O2. The largest absolute Gasteiger partial charge is 0.403 e. The van der Waals surface area contributed by atoms with Crippen molar-refractivity contribution in [3.8, 4) is 22.3 Å². The molecule has 2 fully saturated rings. The van der Waals surface area contributed by atoms with Gasteiger partial charge >= 0.3 is 12.4 Å². The van der Waals surface area contributed by atoms with Crippen LogP contribution in [0.25, 0.3) is 22.3 Å². The average Bonchev–Trinajstić information content (AvgIpc) is 3.23. The number of rotatable bonds is 8. The molecule has 0 spiro atoms. The van der Waals surface area contributed by atoms with Gasteiger partial charge in [-0.1, -0.05) is 24.3 Å². The van der Waals surface area contributed by atoms with E-state index in [1.807, 2.05) is 0 Å². The molecule has 332 valence electrons. The zero-order valence-corrected chi connectivity index (χ0v) is 33.8. The van der Waals surface area contributed by atoms with Crippen molar-refractivity contribution < 1.29 is 44.7 Å². The first kappa shape index (κ1) is 45.0. The summed E-state index contributed by atoms with van der Waals surface area (Å²) < 4.78 is 105. The van der Waals surface area contributed by atoms with Crippen LogP contribution in [0.4, 0.5) is 35.1 Å². The van der Waals surface area contributed by atoms with Crippen LogP contribution in [-0.2, 0) is 25.9 Å². The Morgan fingerprint density at radius 1 is 0.629 bits per heavy atom. The van der Waals surface area contributed by atoms with Crippen molar-refractivity contribution in [3.63, 3.8) is 0 Å². The number of alkyl halides is 6. The number of amides is 2. The van der Waals surface area contributed by atoms with Crippen molar-refractivity contribution in [2.24, 2.45) is 23.3 Å². The highest BCUT2D eigenvalue weighted by Crippen LogP contribution is 2.35. The highest BCUT2D eigenvalue weighted by atomic mass is 19.4. The van der Waals surface area contributed by atoms with Crippen LogP contribution < -0.4 is 22.1 Å². The van der Waals surface area contributed by atoms with Crippen LogP contribution in [0.3, 0.4) is 0 Å². The van der Waals surface area contributed by atoms with E-state index in [9.17, 15) is 44.7 Å². The number of halogens is 8. The highest BCUT2D eigenvalue weighted by molar-refractivity contribution is 5.93. The summed E-state index contributed by atoms with van der Waals surface area (Å²) in [6.45, 7) is 4.01. The number of fused-ring (bicyclic) bond motifs is 2.